The molecule has 1 atom stereocenters. The van der Waals surface area contributed by atoms with Crippen LogP contribution in [0.5, 0.6) is 5.75 Å². The lowest BCUT2D eigenvalue weighted by molar-refractivity contribution is -0.385. The summed E-state index contributed by atoms with van der Waals surface area (Å²) in [6.45, 7) is 2.04. The van der Waals surface area contributed by atoms with Crippen LogP contribution in [0, 0.1) is 17.0 Å². The molecule has 2 amide bonds. The van der Waals surface area contributed by atoms with Crippen LogP contribution in [-0.2, 0) is 4.79 Å². The van der Waals surface area contributed by atoms with Gasteiger partial charge in [-0.25, -0.2) is 0 Å². The number of methoxy groups -OCH3 is 1. The maximum Gasteiger partial charge on any atom is 0.274 e. The zero-order valence-corrected chi connectivity index (χ0v) is 16.7. The fourth-order valence-corrected chi connectivity index (χ4v) is 3.57. The summed E-state index contributed by atoms with van der Waals surface area (Å²) < 4.78 is 5.25. The predicted octanol–water partition coefficient (Wildman–Crippen LogP) is 3.81. The summed E-state index contributed by atoms with van der Waals surface area (Å²) in [7, 11) is 1.46. The number of carbonyl (C=O) groups is 2. The van der Waals surface area contributed by atoms with Crippen molar-refractivity contribution in [3.63, 3.8) is 0 Å². The van der Waals surface area contributed by atoms with E-state index in [0.29, 0.717) is 41.4 Å². The number of benzene rings is 2. The van der Waals surface area contributed by atoms with Crippen LogP contribution in [0.2, 0.25) is 5.02 Å². The van der Waals surface area contributed by atoms with E-state index in [0.717, 1.165) is 0 Å². The number of nitrogens with one attached hydrogen (secondary N) is 1. The van der Waals surface area contributed by atoms with Gasteiger partial charge in [0.25, 0.3) is 11.6 Å². The number of aryl methyl sites for hydroxylation is 1. The third-order valence-electron chi connectivity index (χ3n) is 4.88. The fourth-order valence-electron chi connectivity index (χ4n) is 3.39. The van der Waals surface area contributed by atoms with Crippen molar-refractivity contribution in [2.24, 2.45) is 0 Å². The molecule has 1 saturated heterocycles. The molecule has 8 nitrogen and oxygen atoms in total. The molecule has 1 heterocycles. The Bertz CT molecular complexity index is 979. The third-order valence-corrected chi connectivity index (χ3v) is 5.12. The molecule has 3 rings (SSSR count). The van der Waals surface area contributed by atoms with Crippen molar-refractivity contribution in [1.29, 1.82) is 0 Å². The molecule has 0 radical (unpaired) electrons. The van der Waals surface area contributed by atoms with Crippen LogP contribution >= 0.6 is 11.6 Å². The molecular formula is C20H20ClN3O5. The Kier molecular flexibility index (Phi) is 6.03. The van der Waals surface area contributed by atoms with Crippen molar-refractivity contribution in [3.05, 3.63) is 62.7 Å². The highest BCUT2D eigenvalue weighted by atomic mass is 35.5. The number of nitro benzene ring substituents is 1. The number of ether oxygens (including phenoxy) is 1. The lowest BCUT2D eigenvalue weighted by Gasteiger charge is -2.25. The van der Waals surface area contributed by atoms with Gasteiger partial charge in [0.15, 0.2) is 0 Å². The summed E-state index contributed by atoms with van der Waals surface area (Å²) in [5.74, 6) is -0.369. The standard InChI is InChI=1S/C20H20ClN3O5/c1-12-5-7-14(11-17(12)24(27)28)22-19(25)16-4-3-9-23(16)20(26)15-10-13(21)6-8-18(15)29-2/h5-8,10-11,16H,3-4,9H2,1-2H3,(H,22,25)/t16-/m0/s1. The van der Waals surface area contributed by atoms with Gasteiger partial charge in [-0.2, -0.15) is 0 Å². The van der Waals surface area contributed by atoms with E-state index in [1.54, 1.807) is 31.2 Å². The zero-order valence-electron chi connectivity index (χ0n) is 16.0. The molecule has 0 aromatic heterocycles. The number of nitrogens with zero attached hydrogens (tertiary/aromatic N) is 2. The molecular weight excluding hydrogens is 398 g/mol. The predicted molar refractivity (Wildman–Crippen MR) is 109 cm³/mol. The molecule has 2 aromatic carbocycles. The Hall–Kier alpha value is -3.13. The Balaban J connectivity index is 1.81. The first-order chi connectivity index (χ1) is 13.8. The van der Waals surface area contributed by atoms with Gasteiger partial charge in [-0.3, -0.25) is 19.7 Å². The molecule has 0 spiro atoms. The summed E-state index contributed by atoms with van der Waals surface area (Å²) in [5, 5.41) is 14.2. The molecule has 0 saturated carbocycles. The number of likely N-dealkylation sites (tertiary alicyclic amines) is 1. The van der Waals surface area contributed by atoms with Crippen LogP contribution in [0.25, 0.3) is 0 Å². The van der Waals surface area contributed by atoms with E-state index >= 15 is 0 Å². The van der Waals surface area contributed by atoms with Crippen molar-refractivity contribution in [2.45, 2.75) is 25.8 Å². The molecule has 1 aliphatic rings. The minimum atomic E-state index is -0.688. The summed E-state index contributed by atoms with van der Waals surface area (Å²) >= 11 is 6.02. The number of hydrogen-bond donors (Lipinski definition) is 1. The van der Waals surface area contributed by atoms with Crippen LogP contribution in [0.4, 0.5) is 11.4 Å². The molecule has 152 valence electrons. The summed E-state index contributed by atoms with van der Waals surface area (Å²) in [4.78, 5) is 38.0. The smallest absolute Gasteiger partial charge is 0.274 e. The van der Waals surface area contributed by atoms with Gasteiger partial charge < -0.3 is 15.0 Å². The first kappa shape index (κ1) is 20.6. The number of carbonyl (C=O) groups excluding carboxylic acids is 2. The fraction of sp³-hybridized carbons (Fsp3) is 0.300. The van der Waals surface area contributed by atoms with Crippen LogP contribution in [0.3, 0.4) is 0 Å². The number of anilines is 1. The first-order valence-corrected chi connectivity index (χ1v) is 9.40. The van der Waals surface area contributed by atoms with Crippen molar-refractivity contribution < 1.29 is 19.2 Å². The molecule has 0 unspecified atom stereocenters. The maximum atomic E-state index is 13.1. The van der Waals surface area contributed by atoms with E-state index in [9.17, 15) is 19.7 Å². The third kappa shape index (κ3) is 4.32. The molecule has 2 aromatic rings. The van der Waals surface area contributed by atoms with Crippen LogP contribution in [0.1, 0.15) is 28.8 Å². The Morgan fingerprint density at radius 2 is 2.03 bits per heavy atom. The Morgan fingerprint density at radius 3 is 2.72 bits per heavy atom. The van der Waals surface area contributed by atoms with Crippen molar-refractivity contribution >= 4 is 34.8 Å². The van der Waals surface area contributed by atoms with E-state index in [4.69, 9.17) is 16.3 Å². The van der Waals surface area contributed by atoms with Crippen LogP contribution in [0.15, 0.2) is 36.4 Å². The molecule has 9 heteroatoms. The minimum absolute atomic E-state index is 0.0779. The molecule has 29 heavy (non-hydrogen) atoms. The molecule has 1 aliphatic heterocycles. The second kappa shape index (κ2) is 8.48. The highest BCUT2D eigenvalue weighted by molar-refractivity contribution is 6.31. The molecule has 1 N–H and O–H groups in total. The van der Waals surface area contributed by atoms with E-state index in [1.165, 1.54) is 24.1 Å². The van der Waals surface area contributed by atoms with Crippen LogP contribution in [-0.4, -0.2) is 41.3 Å². The lowest BCUT2D eigenvalue weighted by atomic mass is 10.1. The largest absolute Gasteiger partial charge is 0.496 e. The zero-order chi connectivity index (χ0) is 21.1. The highest BCUT2D eigenvalue weighted by Gasteiger charge is 2.35. The first-order valence-electron chi connectivity index (χ1n) is 9.02. The number of halogens is 1. The van der Waals surface area contributed by atoms with Gasteiger partial charge in [0.2, 0.25) is 5.91 Å². The highest BCUT2D eigenvalue weighted by Crippen LogP contribution is 2.29. The van der Waals surface area contributed by atoms with Crippen LogP contribution < -0.4 is 10.1 Å². The summed E-state index contributed by atoms with van der Waals surface area (Å²) in [6, 6.07) is 8.53. The SMILES string of the molecule is COc1ccc(Cl)cc1C(=O)N1CCC[C@H]1C(=O)Nc1ccc(C)c([N+](=O)[O-])c1. The second-order valence-electron chi connectivity index (χ2n) is 6.75. The van der Waals surface area contributed by atoms with E-state index in [2.05, 4.69) is 5.32 Å². The summed E-state index contributed by atoms with van der Waals surface area (Å²) in [6.07, 6.45) is 1.16. The van der Waals surface area contributed by atoms with Gasteiger partial charge in [-0.1, -0.05) is 17.7 Å². The topological polar surface area (TPSA) is 102 Å². The van der Waals surface area contributed by atoms with Gasteiger partial charge in [-0.05, 0) is 44.0 Å². The number of amides is 2. The van der Waals surface area contributed by atoms with E-state index < -0.39 is 16.9 Å². The van der Waals surface area contributed by atoms with Gasteiger partial charge in [0.1, 0.15) is 11.8 Å². The monoisotopic (exact) mass is 417 g/mol. The van der Waals surface area contributed by atoms with Crippen molar-refractivity contribution in [1.82, 2.24) is 4.90 Å². The number of nitro groups is 1. The number of hydrogen-bond acceptors (Lipinski definition) is 5. The van der Waals surface area contributed by atoms with Gasteiger partial charge in [0, 0.05) is 28.9 Å². The second-order valence-corrected chi connectivity index (χ2v) is 7.19. The van der Waals surface area contributed by atoms with Gasteiger partial charge >= 0.3 is 0 Å². The molecule has 1 fully saturated rings. The maximum absolute atomic E-state index is 13.1. The Morgan fingerprint density at radius 1 is 1.28 bits per heavy atom. The quantitative estimate of drug-likeness (QED) is 0.588. The summed E-state index contributed by atoms with van der Waals surface area (Å²) in [5.41, 5.74) is 1.02. The molecule has 0 aliphatic carbocycles. The molecule has 0 bridgehead atoms. The number of rotatable bonds is 5. The average molecular weight is 418 g/mol. The Labute approximate surface area is 172 Å². The van der Waals surface area contributed by atoms with E-state index in [-0.39, 0.29) is 17.2 Å². The average Bonchev–Trinajstić information content (AvgIpc) is 3.18. The minimum Gasteiger partial charge on any atom is -0.496 e. The van der Waals surface area contributed by atoms with Crippen molar-refractivity contribution in [2.75, 3.05) is 19.0 Å². The van der Waals surface area contributed by atoms with Gasteiger partial charge in [-0.15, -0.1) is 0 Å². The van der Waals surface area contributed by atoms with E-state index in [1.807, 2.05) is 0 Å². The lowest BCUT2D eigenvalue weighted by Crippen LogP contribution is -2.43. The van der Waals surface area contributed by atoms with Crippen molar-refractivity contribution in [3.8, 4) is 5.75 Å². The normalized spacial score (nSPS) is 15.8. The van der Waals surface area contributed by atoms with Gasteiger partial charge in [0.05, 0.1) is 17.6 Å².